The van der Waals surface area contributed by atoms with Crippen molar-refractivity contribution in [2.24, 2.45) is 5.10 Å². The summed E-state index contributed by atoms with van der Waals surface area (Å²) in [6.45, 7) is 1.80. The third-order valence-corrected chi connectivity index (χ3v) is 3.01. The van der Waals surface area contributed by atoms with Gasteiger partial charge >= 0.3 is 0 Å². The fourth-order valence-corrected chi connectivity index (χ4v) is 1.74. The average molecular weight is 355 g/mol. The second-order valence-corrected chi connectivity index (χ2v) is 4.79. The molecule has 132 valence electrons. The third kappa shape index (κ3) is 6.33. The minimum atomic E-state index is -0.240. The summed E-state index contributed by atoms with van der Waals surface area (Å²) in [4.78, 5) is 18.2. The molecule has 0 bridgehead atoms. The fourth-order valence-electron chi connectivity index (χ4n) is 1.74. The number of halogens is 1. The molecule has 2 aromatic rings. The van der Waals surface area contributed by atoms with Crippen LogP contribution in [0.3, 0.4) is 0 Å². The number of anilines is 1. The lowest BCUT2D eigenvalue weighted by atomic mass is 10.2. The molecule has 1 aromatic carbocycles. The number of carbonyl (C=O) groups is 1. The van der Waals surface area contributed by atoms with E-state index in [9.17, 15) is 4.79 Å². The van der Waals surface area contributed by atoms with E-state index in [0.717, 1.165) is 11.4 Å². The molecular formula is C16H23ClN4O3. The van der Waals surface area contributed by atoms with Gasteiger partial charge in [-0.05, 0) is 43.3 Å². The number of pyridine rings is 1. The second kappa shape index (κ2) is 11.1. The molecule has 0 fully saturated rings. The van der Waals surface area contributed by atoms with Crippen LogP contribution in [0.4, 0.5) is 5.69 Å². The Bertz CT molecular complexity index is 646. The van der Waals surface area contributed by atoms with Crippen molar-refractivity contribution < 1.29 is 15.7 Å². The van der Waals surface area contributed by atoms with Gasteiger partial charge < -0.3 is 15.9 Å². The summed E-state index contributed by atoms with van der Waals surface area (Å²) in [6, 6.07) is 12.9. The molecular weight excluding hydrogens is 332 g/mol. The van der Waals surface area contributed by atoms with Gasteiger partial charge in [-0.15, -0.1) is 12.4 Å². The molecule has 0 aliphatic carbocycles. The highest BCUT2D eigenvalue weighted by Gasteiger charge is 2.05. The minimum Gasteiger partial charge on any atom is -0.412 e. The molecule has 5 N–H and O–H groups in total. The summed E-state index contributed by atoms with van der Waals surface area (Å²) in [6.07, 6.45) is 1.69. The van der Waals surface area contributed by atoms with Gasteiger partial charge in [0.25, 0.3) is 5.91 Å². The molecule has 1 aromatic heterocycles. The van der Waals surface area contributed by atoms with Gasteiger partial charge in [0.1, 0.15) is 0 Å². The Hall–Kier alpha value is -2.48. The van der Waals surface area contributed by atoms with E-state index in [1.807, 2.05) is 49.3 Å². The van der Waals surface area contributed by atoms with Crippen molar-refractivity contribution in [1.82, 2.24) is 10.4 Å². The van der Waals surface area contributed by atoms with Gasteiger partial charge in [-0.2, -0.15) is 5.10 Å². The zero-order valence-electron chi connectivity index (χ0n) is 13.8. The van der Waals surface area contributed by atoms with E-state index in [4.69, 9.17) is 0 Å². The highest BCUT2D eigenvalue weighted by atomic mass is 35.5. The van der Waals surface area contributed by atoms with Gasteiger partial charge in [-0.3, -0.25) is 9.78 Å². The first-order valence-corrected chi connectivity index (χ1v) is 6.61. The summed E-state index contributed by atoms with van der Waals surface area (Å²) < 4.78 is 0. The maximum atomic E-state index is 12.0. The molecule has 0 atom stereocenters. The number of hydrazone groups is 1. The Labute approximate surface area is 147 Å². The van der Waals surface area contributed by atoms with E-state index >= 15 is 0 Å². The van der Waals surface area contributed by atoms with Crippen LogP contribution >= 0.6 is 12.4 Å². The Balaban J connectivity index is 0. The predicted molar refractivity (Wildman–Crippen MR) is 99.2 cm³/mol. The molecule has 1 heterocycles. The van der Waals surface area contributed by atoms with Crippen molar-refractivity contribution >= 4 is 29.7 Å². The summed E-state index contributed by atoms with van der Waals surface area (Å²) in [5, 5.41) is 4.07. The lowest BCUT2D eigenvalue weighted by molar-refractivity contribution is 0.0955. The molecule has 0 unspecified atom stereocenters. The van der Waals surface area contributed by atoms with Gasteiger partial charge in [0.15, 0.2) is 0 Å². The Morgan fingerprint density at radius 2 is 1.71 bits per heavy atom. The molecule has 1 amide bonds. The fraction of sp³-hybridized carbons (Fsp3) is 0.188. The SMILES string of the molecule is CC(=NNC(=O)c1ccc(N(C)C)cc1)c1ccccn1.Cl.O.O. The number of rotatable bonds is 4. The van der Waals surface area contributed by atoms with Crippen LogP contribution in [0, 0.1) is 0 Å². The minimum absolute atomic E-state index is 0. The average Bonchev–Trinajstić information content (AvgIpc) is 2.53. The smallest absolute Gasteiger partial charge is 0.271 e. The third-order valence-electron chi connectivity index (χ3n) is 3.01. The monoisotopic (exact) mass is 354 g/mol. The van der Waals surface area contributed by atoms with E-state index in [2.05, 4.69) is 15.5 Å². The topological polar surface area (TPSA) is 121 Å². The molecule has 0 radical (unpaired) electrons. The number of benzene rings is 1. The highest BCUT2D eigenvalue weighted by molar-refractivity contribution is 5.99. The van der Waals surface area contributed by atoms with Crippen molar-refractivity contribution in [3.05, 3.63) is 59.9 Å². The Morgan fingerprint density at radius 3 is 2.21 bits per heavy atom. The molecule has 2 rings (SSSR count). The molecule has 24 heavy (non-hydrogen) atoms. The largest absolute Gasteiger partial charge is 0.412 e. The highest BCUT2D eigenvalue weighted by Crippen LogP contribution is 2.12. The summed E-state index contributed by atoms with van der Waals surface area (Å²) >= 11 is 0. The quantitative estimate of drug-likeness (QED) is 0.652. The van der Waals surface area contributed by atoms with Crippen LogP contribution in [-0.4, -0.2) is 41.7 Å². The van der Waals surface area contributed by atoms with Crippen molar-refractivity contribution in [3.63, 3.8) is 0 Å². The number of carbonyl (C=O) groups excluding carboxylic acids is 1. The number of hydrogen-bond acceptors (Lipinski definition) is 4. The van der Waals surface area contributed by atoms with Crippen molar-refractivity contribution in [3.8, 4) is 0 Å². The Kier molecular flexibility index (Phi) is 11.0. The Morgan fingerprint density at radius 1 is 1.08 bits per heavy atom. The normalized spacial score (nSPS) is 9.71. The first kappa shape index (κ1) is 23.8. The first-order chi connectivity index (χ1) is 10.1. The van der Waals surface area contributed by atoms with Gasteiger partial charge in [0, 0.05) is 31.5 Å². The number of hydrogen-bond donors (Lipinski definition) is 1. The number of nitrogens with zero attached hydrogens (tertiary/aromatic N) is 3. The predicted octanol–water partition coefficient (Wildman–Crippen LogP) is 1.07. The van der Waals surface area contributed by atoms with E-state index in [1.165, 1.54) is 0 Å². The van der Waals surface area contributed by atoms with Gasteiger partial charge in [0.2, 0.25) is 0 Å². The molecule has 8 heteroatoms. The van der Waals surface area contributed by atoms with Crippen molar-refractivity contribution in [2.75, 3.05) is 19.0 Å². The second-order valence-electron chi connectivity index (χ2n) is 4.79. The van der Waals surface area contributed by atoms with Gasteiger partial charge in [-0.25, -0.2) is 5.43 Å². The van der Waals surface area contributed by atoms with Gasteiger partial charge in [-0.1, -0.05) is 6.07 Å². The van der Waals surface area contributed by atoms with E-state index < -0.39 is 0 Å². The van der Waals surface area contributed by atoms with Crippen LogP contribution in [0.1, 0.15) is 23.0 Å². The molecule has 0 spiro atoms. The van der Waals surface area contributed by atoms with Crippen LogP contribution in [0.2, 0.25) is 0 Å². The summed E-state index contributed by atoms with van der Waals surface area (Å²) in [5.41, 5.74) is 5.55. The zero-order chi connectivity index (χ0) is 15.2. The van der Waals surface area contributed by atoms with E-state index in [-0.39, 0.29) is 29.3 Å². The summed E-state index contributed by atoms with van der Waals surface area (Å²) in [5.74, 6) is -0.240. The standard InChI is InChI=1S/C16H18N4O.ClH.2H2O/c1-12(15-6-4-5-11-17-15)18-19-16(21)13-7-9-14(10-8-13)20(2)3;;;/h4-11H,1-3H3,(H,19,21);1H;2*1H2. The maximum absolute atomic E-state index is 12.0. The first-order valence-electron chi connectivity index (χ1n) is 6.61. The maximum Gasteiger partial charge on any atom is 0.271 e. The molecule has 0 aliphatic rings. The van der Waals surface area contributed by atoms with Crippen LogP contribution < -0.4 is 10.3 Å². The van der Waals surface area contributed by atoms with Crippen LogP contribution in [0.5, 0.6) is 0 Å². The number of aromatic nitrogens is 1. The lowest BCUT2D eigenvalue weighted by Crippen LogP contribution is -2.19. The number of amides is 1. The van der Waals surface area contributed by atoms with Crippen molar-refractivity contribution in [1.29, 1.82) is 0 Å². The van der Waals surface area contributed by atoms with Crippen LogP contribution in [-0.2, 0) is 0 Å². The molecule has 0 saturated carbocycles. The zero-order valence-corrected chi connectivity index (χ0v) is 14.6. The molecule has 0 aliphatic heterocycles. The van der Waals surface area contributed by atoms with E-state index in [1.54, 1.807) is 25.3 Å². The lowest BCUT2D eigenvalue weighted by Gasteiger charge is -2.12. The molecule has 7 nitrogen and oxygen atoms in total. The van der Waals surface area contributed by atoms with Crippen LogP contribution in [0.25, 0.3) is 0 Å². The summed E-state index contributed by atoms with van der Waals surface area (Å²) in [7, 11) is 3.91. The molecule has 0 saturated heterocycles. The van der Waals surface area contributed by atoms with Crippen LogP contribution in [0.15, 0.2) is 53.8 Å². The van der Waals surface area contributed by atoms with Crippen molar-refractivity contribution in [2.45, 2.75) is 6.92 Å². The number of nitrogens with one attached hydrogen (secondary N) is 1. The van der Waals surface area contributed by atoms with E-state index in [0.29, 0.717) is 11.3 Å². The van der Waals surface area contributed by atoms with Gasteiger partial charge in [0.05, 0.1) is 11.4 Å².